The Bertz CT molecular complexity index is 851. The van der Waals surface area contributed by atoms with Gasteiger partial charge in [0.1, 0.15) is 5.76 Å². The third kappa shape index (κ3) is 3.75. The van der Waals surface area contributed by atoms with Crippen molar-refractivity contribution in [3.05, 3.63) is 59.0 Å². The minimum Gasteiger partial charge on any atom is -0.360 e. The van der Waals surface area contributed by atoms with Gasteiger partial charge >= 0.3 is 0 Å². The summed E-state index contributed by atoms with van der Waals surface area (Å²) in [4.78, 5) is 12.1. The number of rotatable bonds is 4. The number of aryl methyl sites for hydroxylation is 3. The van der Waals surface area contributed by atoms with Crippen LogP contribution in [-0.4, -0.2) is 21.3 Å². The van der Waals surface area contributed by atoms with Gasteiger partial charge in [0.2, 0.25) is 0 Å². The minimum atomic E-state index is -0.395. The van der Waals surface area contributed by atoms with Crippen LogP contribution in [0.3, 0.4) is 0 Å². The van der Waals surface area contributed by atoms with Crippen molar-refractivity contribution in [2.75, 3.05) is 10.6 Å². The summed E-state index contributed by atoms with van der Waals surface area (Å²) in [5, 5.41) is 17.4. The molecule has 0 fully saturated rings. The monoisotopic (exact) mass is 323 g/mol. The zero-order chi connectivity index (χ0) is 17.1. The molecule has 2 aromatic heterocycles. The van der Waals surface area contributed by atoms with E-state index in [9.17, 15) is 4.79 Å². The summed E-state index contributed by atoms with van der Waals surface area (Å²) >= 11 is 0. The van der Waals surface area contributed by atoms with E-state index in [1.54, 1.807) is 25.1 Å². The van der Waals surface area contributed by atoms with Crippen LogP contribution in [0.2, 0.25) is 0 Å². The lowest BCUT2D eigenvalue weighted by Gasteiger charge is -2.07. The molecule has 0 radical (unpaired) electrons. The van der Waals surface area contributed by atoms with E-state index in [2.05, 4.69) is 32.1 Å². The second-order valence-electron chi connectivity index (χ2n) is 5.58. The van der Waals surface area contributed by atoms with Crippen molar-refractivity contribution < 1.29 is 9.32 Å². The number of amides is 1. The molecule has 2 N–H and O–H groups in total. The maximum Gasteiger partial charge on any atom is 0.277 e. The van der Waals surface area contributed by atoms with E-state index < -0.39 is 5.91 Å². The molecule has 0 unspecified atom stereocenters. The van der Waals surface area contributed by atoms with Gasteiger partial charge in [-0.15, -0.1) is 10.2 Å². The minimum absolute atomic E-state index is 0.196. The predicted octanol–water partition coefficient (Wildman–Crippen LogP) is 3.39. The van der Waals surface area contributed by atoms with Crippen LogP contribution in [0.1, 0.15) is 27.4 Å². The Kier molecular flexibility index (Phi) is 4.24. The lowest BCUT2D eigenvalue weighted by molar-refractivity contribution is 0.102. The van der Waals surface area contributed by atoms with Crippen LogP contribution in [0, 0.1) is 20.8 Å². The van der Waals surface area contributed by atoms with Crippen LogP contribution in [0.4, 0.5) is 17.3 Å². The molecule has 0 bridgehead atoms. The molecule has 1 aromatic carbocycles. The van der Waals surface area contributed by atoms with Gasteiger partial charge < -0.3 is 15.2 Å². The van der Waals surface area contributed by atoms with Crippen molar-refractivity contribution in [2.24, 2.45) is 0 Å². The van der Waals surface area contributed by atoms with Gasteiger partial charge in [0.05, 0.1) is 0 Å². The van der Waals surface area contributed by atoms with E-state index in [1.807, 2.05) is 26.0 Å². The number of benzene rings is 1. The van der Waals surface area contributed by atoms with Gasteiger partial charge in [-0.25, -0.2) is 0 Å². The second-order valence-corrected chi connectivity index (χ2v) is 5.58. The summed E-state index contributed by atoms with van der Waals surface area (Å²) in [6.07, 6.45) is 0. The van der Waals surface area contributed by atoms with E-state index in [0.717, 1.165) is 16.8 Å². The Morgan fingerprint density at radius 1 is 0.958 bits per heavy atom. The van der Waals surface area contributed by atoms with Crippen molar-refractivity contribution >= 4 is 23.2 Å². The van der Waals surface area contributed by atoms with Gasteiger partial charge in [0.25, 0.3) is 5.91 Å². The number of anilines is 3. The number of carbonyl (C=O) groups is 1. The van der Waals surface area contributed by atoms with Crippen LogP contribution in [-0.2, 0) is 0 Å². The van der Waals surface area contributed by atoms with Crippen LogP contribution in [0.25, 0.3) is 0 Å². The fraction of sp³-hybridized carbons (Fsp3) is 0.176. The summed E-state index contributed by atoms with van der Waals surface area (Å²) in [5.41, 5.74) is 3.44. The Morgan fingerprint density at radius 3 is 2.29 bits per heavy atom. The number of hydrogen-bond acceptors (Lipinski definition) is 6. The Labute approximate surface area is 139 Å². The van der Waals surface area contributed by atoms with Crippen molar-refractivity contribution in [1.82, 2.24) is 15.4 Å². The molecule has 3 aromatic rings. The molecule has 0 saturated carbocycles. The molecule has 0 saturated heterocycles. The first-order valence-electron chi connectivity index (χ1n) is 7.43. The first kappa shape index (κ1) is 15.7. The summed E-state index contributed by atoms with van der Waals surface area (Å²) < 4.78 is 4.90. The maximum absolute atomic E-state index is 12.1. The fourth-order valence-electron chi connectivity index (χ4n) is 2.32. The molecule has 122 valence electrons. The quantitative estimate of drug-likeness (QED) is 0.764. The molecule has 7 heteroatoms. The van der Waals surface area contributed by atoms with Crippen LogP contribution < -0.4 is 10.6 Å². The molecule has 1 amide bonds. The molecule has 0 spiro atoms. The molecule has 2 heterocycles. The molecule has 0 atom stereocenters. The van der Waals surface area contributed by atoms with Crippen LogP contribution in [0.15, 0.2) is 40.9 Å². The highest BCUT2D eigenvalue weighted by molar-refractivity contribution is 6.02. The van der Waals surface area contributed by atoms with E-state index in [1.165, 1.54) is 0 Å². The summed E-state index contributed by atoms with van der Waals surface area (Å²) in [5.74, 6) is 1.13. The third-order valence-electron chi connectivity index (χ3n) is 3.26. The van der Waals surface area contributed by atoms with Crippen molar-refractivity contribution in [2.45, 2.75) is 20.8 Å². The second kappa shape index (κ2) is 6.49. The van der Waals surface area contributed by atoms with Crippen molar-refractivity contribution in [3.8, 4) is 0 Å². The molecule has 0 aliphatic carbocycles. The highest BCUT2D eigenvalue weighted by atomic mass is 16.5. The number of hydrogen-bond donors (Lipinski definition) is 2. The highest BCUT2D eigenvalue weighted by Crippen LogP contribution is 2.18. The lowest BCUT2D eigenvalue weighted by Crippen LogP contribution is -2.14. The first-order valence-corrected chi connectivity index (χ1v) is 7.43. The molecule has 0 aliphatic heterocycles. The van der Waals surface area contributed by atoms with E-state index in [0.29, 0.717) is 17.4 Å². The number of nitrogens with one attached hydrogen (secondary N) is 2. The molecule has 0 aliphatic rings. The van der Waals surface area contributed by atoms with Crippen LogP contribution in [0.5, 0.6) is 0 Å². The van der Waals surface area contributed by atoms with E-state index in [4.69, 9.17) is 4.52 Å². The zero-order valence-electron chi connectivity index (χ0n) is 13.6. The van der Waals surface area contributed by atoms with E-state index >= 15 is 0 Å². The Hall–Kier alpha value is -3.22. The SMILES string of the molecule is Cc1cc(C)cc(Nc2ccc(C(=O)Nc3cc(C)on3)nn2)c1. The summed E-state index contributed by atoms with van der Waals surface area (Å²) in [6, 6.07) is 11.1. The largest absolute Gasteiger partial charge is 0.360 e. The Balaban J connectivity index is 1.69. The van der Waals surface area contributed by atoms with Crippen molar-refractivity contribution in [3.63, 3.8) is 0 Å². The van der Waals surface area contributed by atoms with Gasteiger partial charge in [0.15, 0.2) is 17.3 Å². The fourth-order valence-corrected chi connectivity index (χ4v) is 2.32. The molecular weight excluding hydrogens is 306 g/mol. The third-order valence-corrected chi connectivity index (χ3v) is 3.26. The standard InChI is InChI=1S/C17H17N5O2/c1-10-6-11(2)8-13(7-10)18-15-5-4-14(20-21-15)17(23)19-16-9-12(3)24-22-16/h4-9H,1-3H3,(H,18,21)(H,19,22,23). The topological polar surface area (TPSA) is 92.9 Å². The molecule has 7 nitrogen and oxygen atoms in total. The van der Waals surface area contributed by atoms with Gasteiger partial charge in [-0.3, -0.25) is 4.79 Å². The average Bonchev–Trinajstić information content (AvgIpc) is 2.92. The van der Waals surface area contributed by atoms with Gasteiger partial charge in [-0.1, -0.05) is 11.2 Å². The number of aromatic nitrogens is 3. The average molecular weight is 323 g/mol. The molecular formula is C17H17N5O2. The highest BCUT2D eigenvalue weighted by Gasteiger charge is 2.11. The van der Waals surface area contributed by atoms with E-state index in [-0.39, 0.29) is 5.69 Å². The Morgan fingerprint density at radius 2 is 1.71 bits per heavy atom. The maximum atomic E-state index is 12.1. The van der Waals surface area contributed by atoms with Crippen molar-refractivity contribution in [1.29, 1.82) is 0 Å². The lowest BCUT2D eigenvalue weighted by atomic mass is 10.1. The smallest absolute Gasteiger partial charge is 0.277 e. The molecule has 3 rings (SSSR count). The zero-order valence-corrected chi connectivity index (χ0v) is 13.6. The summed E-state index contributed by atoms with van der Waals surface area (Å²) in [6.45, 7) is 5.81. The normalized spacial score (nSPS) is 10.5. The number of carbonyl (C=O) groups excluding carboxylic acids is 1. The first-order chi connectivity index (χ1) is 11.5. The predicted molar refractivity (Wildman–Crippen MR) is 90.4 cm³/mol. The summed E-state index contributed by atoms with van der Waals surface area (Å²) in [7, 11) is 0. The van der Waals surface area contributed by atoms with Gasteiger partial charge in [-0.05, 0) is 56.2 Å². The van der Waals surface area contributed by atoms with Gasteiger partial charge in [0, 0.05) is 11.8 Å². The van der Waals surface area contributed by atoms with Crippen LogP contribution >= 0.6 is 0 Å². The molecule has 24 heavy (non-hydrogen) atoms. The number of nitrogens with zero attached hydrogens (tertiary/aromatic N) is 3. The van der Waals surface area contributed by atoms with Gasteiger partial charge in [-0.2, -0.15) is 0 Å².